The van der Waals surface area contributed by atoms with E-state index in [4.69, 9.17) is 0 Å². The second kappa shape index (κ2) is 8.44. The van der Waals surface area contributed by atoms with E-state index in [9.17, 15) is 26.4 Å². The largest absolute Gasteiger partial charge is 0.389 e. The molecular weight excluding hydrogens is 469 g/mol. The highest BCUT2D eigenvalue weighted by Gasteiger charge is 2.37. The minimum Gasteiger partial charge on any atom is -0.369 e. The molecule has 7 nitrogen and oxygen atoms in total. The second-order valence-electron chi connectivity index (χ2n) is 9.61. The number of imidazole rings is 1. The summed E-state index contributed by atoms with van der Waals surface area (Å²) in [6.07, 6.45) is -5.33. The fourth-order valence-electron chi connectivity index (χ4n) is 4.45. The van der Waals surface area contributed by atoms with Crippen molar-refractivity contribution < 1.29 is 21.6 Å². The third kappa shape index (κ3) is 5.13. The smallest absolute Gasteiger partial charge is 0.369 e. The minimum absolute atomic E-state index is 0.0862. The average molecular weight is 497 g/mol. The van der Waals surface area contributed by atoms with Crippen LogP contribution < -0.4 is 10.6 Å². The van der Waals surface area contributed by atoms with Crippen molar-refractivity contribution in [2.75, 3.05) is 29.5 Å². The first kappa shape index (κ1) is 24.3. The van der Waals surface area contributed by atoms with Gasteiger partial charge in [0, 0.05) is 37.9 Å². The van der Waals surface area contributed by atoms with Gasteiger partial charge in [-0.1, -0.05) is 26.0 Å². The zero-order valence-corrected chi connectivity index (χ0v) is 20.1. The van der Waals surface area contributed by atoms with E-state index < -0.39 is 33.5 Å². The minimum atomic E-state index is -4.33. The van der Waals surface area contributed by atoms with E-state index in [2.05, 4.69) is 4.98 Å². The van der Waals surface area contributed by atoms with Crippen molar-refractivity contribution in [3.05, 3.63) is 46.9 Å². The molecule has 1 saturated heterocycles. The summed E-state index contributed by atoms with van der Waals surface area (Å²) < 4.78 is 65.1. The molecule has 0 unspecified atom stereocenters. The molecule has 2 aromatic heterocycles. The number of aromatic nitrogens is 3. The molecule has 0 atom stereocenters. The Morgan fingerprint density at radius 2 is 1.74 bits per heavy atom. The Bertz CT molecular complexity index is 1380. The monoisotopic (exact) mass is 496 g/mol. The lowest BCUT2D eigenvalue weighted by Crippen LogP contribution is -2.40. The van der Waals surface area contributed by atoms with Crippen LogP contribution in [0.2, 0.25) is 0 Å². The molecule has 1 fully saturated rings. The van der Waals surface area contributed by atoms with Crippen LogP contribution in [0.4, 0.5) is 18.9 Å². The van der Waals surface area contributed by atoms with E-state index in [1.165, 1.54) is 23.0 Å². The maximum absolute atomic E-state index is 13.0. The molecule has 1 aromatic carbocycles. The van der Waals surface area contributed by atoms with Crippen molar-refractivity contribution >= 4 is 26.7 Å². The topological polar surface area (TPSA) is 77.2 Å². The lowest BCUT2D eigenvalue weighted by atomic mass is 9.89. The molecule has 0 spiro atoms. The van der Waals surface area contributed by atoms with Crippen LogP contribution in [0.3, 0.4) is 0 Å². The third-order valence-corrected chi connectivity index (χ3v) is 7.71. The molecule has 0 amide bonds. The molecule has 34 heavy (non-hydrogen) atoms. The highest BCUT2D eigenvalue weighted by Crippen LogP contribution is 2.35. The predicted octanol–water partition coefficient (Wildman–Crippen LogP) is 3.62. The molecule has 0 saturated carbocycles. The fraction of sp³-hybridized carbons (Fsp3) is 0.478. The molecular formula is C23H27F3N4O3S. The average Bonchev–Trinajstić information content (AvgIpc) is 2.96. The van der Waals surface area contributed by atoms with Crippen molar-refractivity contribution in [2.24, 2.45) is 12.5 Å². The Hall–Kier alpha value is -2.82. The molecule has 184 valence electrons. The first-order valence-electron chi connectivity index (χ1n) is 10.9. The molecule has 0 bridgehead atoms. The second-order valence-corrected chi connectivity index (χ2v) is 11.9. The number of hydrogen-bond acceptors (Lipinski definition) is 5. The van der Waals surface area contributed by atoms with Crippen molar-refractivity contribution in [1.29, 1.82) is 0 Å². The zero-order chi connectivity index (χ0) is 24.9. The van der Waals surface area contributed by atoms with Gasteiger partial charge < -0.3 is 4.90 Å². The van der Waals surface area contributed by atoms with E-state index >= 15 is 0 Å². The van der Waals surface area contributed by atoms with Gasteiger partial charge in [-0.15, -0.1) is 0 Å². The van der Waals surface area contributed by atoms with Crippen molar-refractivity contribution in [1.82, 2.24) is 14.1 Å². The number of halogens is 3. The number of alkyl halides is 3. The van der Waals surface area contributed by atoms with Gasteiger partial charge in [-0.3, -0.25) is 9.13 Å². The molecule has 3 aromatic rings. The summed E-state index contributed by atoms with van der Waals surface area (Å²) in [6, 6.07) is 11.0. The van der Waals surface area contributed by atoms with E-state index in [1.807, 2.05) is 29.2 Å². The van der Waals surface area contributed by atoms with Gasteiger partial charge in [-0.05, 0) is 29.7 Å². The number of aryl methyl sites for hydroxylation is 1. The number of fused-ring (bicyclic) bond motifs is 1. The Balaban J connectivity index is 1.67. The number of benzene rings is 1. The highest BCUT2D eigenvalue weighted by molar-refractivity contribution is 7.91. The van der Waals surface area contributed by atoms with Crippen LogP contribution in [0.25, 0.3) is 22.4 Å². The van der Waals surface area contributed by atoms with Gasteiger partial charge in [0.05, 0.1) is 29.1 Å². The number of anilines is 1. The third-order valence-electron chi connectivity index (χ3n) is 6.10. The van der Waals surface area contributed by atoms with Gasteiger partial charge in [0.15, 0.2) is 15.5 Å². The standard InChI is InChI=1S/C23H27F3N4O3S/c1-22(2,14-23(24,25)26)15-30-19-8-7-18(27-20(19)28(3)21(30)31)16-5-4-6-17(13-16)29-9-11-34(32,33)12-10-29/h4-8,13H,9-12,14-15H2,1-3H3. The Kier molecular flexibility index (Phi) is 6.03. The van der Waals surface area contributed by atoms with E-state index in [-0.39, 0.29) is 18.1 Å². The Morgan fingerprint density at radius 1 is 1.06 bits per heavy atom. The normalized spacial score (nSPS) is 16.8. The summed E-state index contributed by atoms with van der Waals surface area (Å²) in [5.74, 6) is 0.226. The van der Waals surface area contributed by atoms with Crippen LogP contribution in [0.5, 0.6) is 0 Å². The summed E-state index contributed by atoms with van der Waals surface area (Å²) in [6.45, 7) is 3.74. The summed E-state index contributed by atoms with van der Waals surface area (Å²) in [5, 5.41) is 0. The van der Waals surface area contributed by atoms with Gasteiger partial charge in [0.2, 0.25) is 0 Å². The SMILES string of the molecule is Cn1c(=O)n(CC(C)(C)CC(F)(F)F)c2ccc(-c3cccc(N4CCS(=O)(=O)CC4)c3)nc21. The number of sulfone groups is 1. The number of nitrogens with zero attached hydrogens (tertiary/aromatic N) is 4. The van der Waals surface area contributed by atoms with Gasteiger partial charge >= 0.3 is 11.9 Å². The number of hydrogen-bond donors (Lipinski definition) is 0. The van der Waals surface area contributed by atoms with E-state index in [0.717, 1.165) is 11.3 Å². The molecule has 3 heterocycles. The van der Waals surface area contributed by atoms with Gasteiger partial charge in [0.25, 0.3) is 0 Å². The number of rotatable bonds is 5. The van der Waals surface area contributed by atoms with E-state index in [0.29, 0.717) is 29.9 Å². The van der Waals surface area contributed by atoms with Crippen molar-refractivity contribution in [3.63, 3.8) is 0 Å². The van der Waals surface area contributed by atoms with Gasteiger partial charge in [0.1, 0.15) is 0 Å². The van der Waals surface area contributed by atoms with Crippen LogP contribution in [0.1, 0.15) is 20.3 Å². The molecule has 4 rings (SSSR count). The molecule has 1 aliphatic rings. The van der Waals surface area contributed by atoms with Crippen LogP contribution in [-0.2, 0) is 23.4 Å². The summed E-state index contributed by atoms with van der Waals surface area (Å²) in [5.41, 5.74) is 1.58. The maximum Gasteiger partial charge on any atom is 0.389 e. The van der Waals surface area contributed by atoms with Crippen LogP contribution >= 0.6 is 0 Å². The first-order chi connectivity index (χ1) is 15.7. The zero-order valence-electron chi connectivity index (χ0n) is 19.3. The van der Waals surface area contributed by atoms with Crippen molar-refractivity contribution in [3.8, 4) is 11.3 Å². The van der Waals surface area contributed by atoms with Crippen molar-refractivity contribution in [2.45, 2.75) is 33.0 Å². The Morgan fingerprint density at radius 3 is 2.38 bits per heavy atom. The molecule has 0 N–H and O–H groups in total. The van der Waals surface area contributed by atoms with Crippen LogP contribution in [0, 0.1) is 5.41 Å². The lowest BCUT2D eigenvalue weighted by Gasteiger charge is -2.29. The molecule has 11 heteroatoms. The summed E-state index contributed by atoms with van der Waals surface area (Å²) >= 11 is 0. The van der Waals surface area contributed by atoms with Crippen LogP contribution in [-0.4, -0.2) is 53.3 Å². The quantitative estimate of drug-likeness (QED) is 0.539. The predicted molar refractivity (Wildman–Crippen MR) is 126 cm³/mol. The van der Waals surface area contributed by atoms with Gasteiger partial charge in [-0.2, -0.15) is 13.2 Å². The number of pyridine rings is 1. The van der Waals surface area contributed by atoms with Crippen LogP contribution in [0.15, 0.2) is 41.2 Å². The molecule has 0 aliphatic carbocycles. The van der Waals surface area contributed by atoms with E-state index in [1.54, 1.807) is 19.2 Å². The highest BCUT2D eigenvalue weighted by atomic mass is 32.2. The maximum atomic E-state index is 13.0. The molecule has 1 aliphatic heterocycles. The molecule has 0 radical (unpaired) electrons. The summed E-state index contributed by atoms with van der Waals surface area (Å²) in [4.78, 5) is 19.5. The first-order valence-corrected chi connectivity index (χ1v) is 12.8. The Labute approximate surface area is 195 Å². The lowest BCUT2D eigenvalue weighted by molar-refractivity contribution is -0.155. The van der Waals surface area contributed by atoms with Gasteiger partial charge in [-0.25, -0.2) is 18.2 Å². The summed E-state index contributed by atoms with van der Waals surface area (Å²) in [7, 11) is -1.44. The fourth-order valence-corrected chi connectivity index (χ4v) is 5.65.